The van der Waals surface area contributed by atoms with Gasteiger partial charge in [-0.05, 0) is 48.0 Å². The average Bonchev–Trinajstić information content (AvgIpc) is 2.74. The monoisotopic (exact) mass is 506 g/mol. The van der Waals surface area contributed by atoms with Gasteiger partial charge in [-0.2, -0.15) is 13.2 Å². The number of aromatic carboxylic acids is 1. The van der Waals surface area contributed by atoms with Crippen LogP contribution >= 0.6 is 11.6 Å². The van der Waals surface area contributed by atoms with Crippen LogP contribution in [0.25, 0.3) is 0 Å². The first-order chi connectivity index (χ1) is 15.3. The van der Waals surface area contributed by atoms with Crippen LogP contribution in [0.4, 0.5) is 27.8 Å². The number of hydrogen-bond acceptors (Lipinski definition) is 4. The lowest BCUT2D eigenvalue weighted by Gasteiger charge is -2.25. The maximum absolute atomic E-state index is 13.7. The van der Waals surface area contributed by atoms with Crippen LogP contribution in [-0.4, -0.2) is 24.5 Å². The Balaban J connectivity index is 2.14. The normalized spacial score (nSPS) is 11.9. The van der Waals surface area contributed by atoms with Gasteiger partial charge in [0.1, 0.15) is 0 Å². The molecule has 0 saturated heterocycles. The molecular weight excluding hydrogens is 495 g/mol. The van der Waals surface area contributed by atoms with E-state index in [1.807, 2.05) is 0 Å². The number of pyridine rings is 1. The fourth-order valence-corrected chi connectivity index (χ4v) is 4.49. The van der Waals surface area contributed by atoms with Crippen LogP contribution in [0.15, 0.2) is 59.6 Å². The van der Waals surface area contributed by atoms with E-state index in [0.29, 0.717) is 22.6 Å². The molecule has 0 atom stereocenters. The number of anilines is 1. The van der Waals surface area contributed by atoms with Gasteiger partial charge in [0.15, 0.2) is 17.5 Å². The fourth-order valence-electron chi connectivity index (χ4n) is 2.74. The Bertz CT molecular complexity index is 1320. The van der Waals surface area contributed by atoms with Crippen molar-refractivity contribution in [3.63, 3.8) is 0 Å². The van der Waals surface area contributed by atoms with Gasteiger partial charge in [0, 0.05) is 6.20 Å². The van der Waals surface area contributed by atoms with Crippen molar-refractivity contribution in [2.75, 3.05) is 4.31 Å². The first-order valence-electron chi connectivity index (χ1n) is 8.83. The second kappa shape index (κ2) is 8.94. The van der Waals surface area contributed by atoms with E-state index in [-0.39, 0.29) is 11.1 Å². The number of nitrogens with zero attached hydrogens (tertiary/aromatic N) is 2. The molecule has 33 heavy (non-hydrogen) atoms. The van der Waals surface area contributed by atoms with Crippen molar-refractivity contribution in [1.29, 1.82) is 0 Å². The summed E-state index contributed by atoms with van der Waals surface area (Å²) in [5, 5.41) is 8.32. The molecule has 13 heteroatoms. The molecule has 1 heterocycles. The van der Waals surface area contributed by atoms with Crippen LogP contribution in [0, 0.1) is 11.6 Å². The Hall–Kier alpha value is -3.25. The number of carboxylic acid groups (broad SMARTS) is 1. The first kappa shape index (κ1) is 24.4. The van der Waals surface area contributed by atoms with Gasteiger partial charge < -0.3 is 5.11 Å². The van der Waals surface area contributed by atoms with Crippen LogP contribution in [0.2, 0.25) is 5.02 Å². The number of hydrogen-bond donors (Lipinski definition) is 1. The zero-order chi connectivity index (χ0) is 24.6. The van der Waals surface area contributed by atoms with Gasteiger partial charge in [0.05, 0.1) is 27.6 Å². The summed E-state index contributed by atoms with van der Waals surface area (Å²) in [6.45, 7) is -0.668. The van der Waals surface area contributed by atoms with Crippen molar-refractivity contribution in [3.05, 3.63) is 88.1 Å². The summed E-state index contributed by atoms with van der Waals surface area (Å²) in [7, 11) is -4.59. The summed E-state index contributed by atoms with van der Waals surface area (Å²) in [6, 6.07) is 6.96. The minimum Gasteiger partial charge on any atom is -0.478 e. The number of benzene rings is 2. The zero-order valence-corrected chi connectivity index (χ0v) is 17.7. The summed E-state index contributed by atoms with van der Waals surface area (Å²) in [5.74, 6) is -4.38. The molecule has 0 radical (unpaired) electrons. The molecule has 2 aromatic carbocycles. The summed E-state index contributed by atoms with van der Waals surface area (Å²) in [5.41, 5.74) is -1.50. The number of sulfonamides is 1. The second-order valence-corrected chi connectivity index (χ2v) is 8.89. The molecular formula is C20H12ClF5N2O4S. The SMILES string of the molecule is O=C(O)c1ccc(S(=O)(=O)N(Cc2ccc(F)c(F)c2)c2ncc(C(F)(F)F)cc2Cl)cc1. The van der Waals surface area contributed by atoms with Crippen molar-refractivity contribution >= 4 is 33.4 Å². The Morgan fingerprint density at radius 3 is 2.18 bits per heavy atom. The summed E-state index contributed by atoms with van der Waals surface area (Å²) in [6.07, 6.45) is -4.42. The second-order valence-electron chi connectivity index (χ2n) is 6.62. The van der Waals surface area contributed by atoms with Gasteiger partial charge in [0.25, 0.3) is 10.0 Å². The molecule has 0 amide bonds. The van der Waals surface area contributed by atoms with Crippen LogP contribution in [0.1, 0.15) is 21.5 Å². The standard InChI is InChI=1S/C20H12ClF5N2O4S/c21-15-8-13(20(24,25)26)9-27-18(15)28(10-11-1-6-16(22)17(23)7-11)33(31,32)14-4-2-12(3-5-14)19(29)30/h1-9H,10H2,(H,29,30). The quantitative estimate of drug-likeness (QED) is 0.469. The third kappa shape index (κ3) is 5.22. The topological polar surface area (TPSA) is 87.6 Å². The Morgan fingerprint density at radius 2 is 1.67 bits per heavy atom. The first-order valence-corrected chi connectivity index (χ1v) is 10.7. The number of halogens is 6. The third-order valence-corrected chi connectivity index (χ3v) is 6.41. The predicted octanol–water partition coefficient (Wildman–Crippen LogP) is 5.13. The van der Waals surface area contributed by atoms with E-state index in [1.54, 1.807) is 0 Å². The lowest BCUT2D eigenvalue weighted by Crippen LogP contribution is -2.32. The van der Waals surface area contributed by atoms with Gasteiger partial charge in [-0.3, -0.25) is 0 Å². The molecule has 0 aliphatic carbocycles. The molecule has 0 saturated carbocycles. The van der Waals surface area contributed by atoms with Crippen molar-refractivity contribution in [2.45, 2.75) is 17.6 Å². The number of alkyl halides is 3. The number of rotatable bonds is 6. The van der Waals surface area contributed by atoms with Crippen molar-refractivity contribution < 1.29 is 40.3 Å². The molecule has 0 aliphatic rings. The molecule has 1 aromatic heterocycles. The molecule has 0 unspecified atom stereocenters. The molecule has 0 bridgehead atoms. The highest BCUT2D eigenvalue weighted by molar-refractivity contribution is 7.92. The van der Waals surface area contributed by atoms with Gasteiger partial charge in [0.2, 0.25) is 0 Å². The van der Waals surface area contributed by atoms with E-state index in [0.717, 1.165) is 36.4 Å². The number of carbonyl (C=O) groups is 1. The van der Waals surface area contributed by atoms with E-state index < -0.39 is 61.6 Å². The summed E-state index contributed by atoms with van der Waals surface area (Å²) in [4.78, 5) is 14.1. The van der Waals surface area contributed by atoms with Crippen molar-refractivity contribution in [1.82, 2.24) is 4.98 Å². The lowest BCUT2D eigenvalue weighted by atomic mass is 10.2. The Kier molecular flexibility index (Phi) is 6.61. The van der Waals surface area contributed by atoms with E-state index in [1.165, 1.54) is 0 Å². The molecule has 0 spiro atoms. The number of aromatic nitrogens is 1. The van der Waals surface area contributed by atoms with E-state index >= 15 is 0 Å². The third-order valence-electron chi connectivity index (χ3n) is 4.38. The van der Waals surface area contributed by atoms with E-state index in [4.69, 9.17) is 16.7 Å². The maximum atomic E-state index is 13.7. The van der Waals surface area contributed by atoms with Gasteiger partial charge in [-0.15, -0.1) is 0 Å². The highest BCUT2D eigenvalue weighted by atomic mass is 35.5. The maximum Gasteiger partial charge on any atom is 0.417 e. The van der Waals surface area contributed by atoms with E-state index in [9.17, 15) is 35.2 Å². The molecule has 0 aliphatic heterocycles. The molecule has 6 nitrogen and oxygen atoms in total. The number of carboxylic acids is 1. The van der Waals surface area contributed by atoms with Crippen LogP contribution in [0.3, 0.4) is 0 Å². The Morgan fingerprint density at radius 1 is 1.03 bits per heavy atom. The van der Waals surface area contributed by atoms with Crippen LogP contribution in [0.5, 0.6) is 0 Å². The zero-order valence-electron chi connectivity index (χ0n) is 16.1. The molecule has 3 aromatic rings. The average molecular weight is 507 g/mol. The minimum absolute atomic E-state index is 0.0580. The van der Waals surface area contributed by atoms with Gasteiger partial charge >= 0.3 is 12.1 Å². The molecule has 174 valence electrons. The molecule has 3 rings (SSSR count). The summed E-state index contributed by atoms with van der Waals surface area (Å²) < 4.78 is 93.0. The highest BCUT2D eigenvalue weighted by Crippen LogP contribution is 2.36. The fraction of sp³-hybridized carbons (Fsp3) is 0.100. The van der Waals surface area contributed by atoms with E-state index in [2.05, 4.69) is 4.98 Å². The largest absolute Gasteiger partial charge is 0.478 e. The van der Waals surface area contributed by atoms with Gasteiger partial charge in [-0.25, -0.2) is 31.3 Å². The van der Waals surface area contributed by atoms with Gasteiger partial charge in [-0.1, -0.05) is 17.7 Å². The lowest BCUT2D eigenvalue weighted by molar-refractivity contribution is -0.137. The van der Waals surface area contributed by atoms with Crippen molar-refractivity contribution in [3.8, 4) is 0 Å². The van der Waals surface area contributed by atoms with Crippen molar-refractivity contribution in [2.24, 2.45) is 0 Å². The molecule has 1 N–H and O–H groups in total. The van der Waals surface area contributed by atoms with Crippen LogP contribution in [-0.2, 0) is 22.7 Å². The summed E-state index contributed by atoms with van der Waals surface area (Å²) >= 11 is 5.93. The minimum atomic E-state index is -4.80. The Labute approximate surface area is 188 Å². The predicted molar refractivity (Wildman–Crippen MR) is 107 cm³/mol. The van der Waals surface area contributed by atoms with Crippen LogP contribution < -0.4 is 4.31 Å². The smallest absolute Gasteiger partial charge is 0.417 e. The highest BCUT2D eigenvalue weighted by Gasteiger charge is 2.34. The molecule has 0 fully saturated rings.